The first kappa shape index (κ1) is 24.8. The number of rotatable bonds is 8. The average molecular weight is 507 g/mol. The molecule has 0 radical (unpaired) electrons. The number of aromatic nitrogens is 1. The fraction of sp³-hybridized carbons (Fsp3) is 0.129. The summed E-state index contributed by atoms with van der Waals surface area (Å²) in [6.45, 7) is 0.517. The zero-order valence-corrected chi connectivity index (χ0v) is 20.8. The van der Waals surface area contributed by atoms with E-state index in [1.165, 1.54) is 4.90 Å². The van der Waals surface area contributed by atoms with Gasteiger partial charge in [0.25, 0.3) is 11.7 Å². The summed E-state index contributed by atoms with van der Waals surface area (Å²) in [5.74, 6) is -0.492. The lowest BCUT2D eigenvalue weighted by Gasteiger charge is -2.25. The van der Waals surface area contributed by atoms with Gasteiger partial charge in [0.05, 0.1) is 18.7 Å². The number of aliphatic hydroxyl groups excluding tert-OH is 1. The van der Waals surface area contributed by atoms with Crippen LogP contribution in [0.15, 0.2) is 109 Å². The van der Waals surface area contributed by atoms with E-state index in [-0.39, 0.29) is 17.9 Å². The molecule has 7 heteroatoms. The zero-order chi connectivity index (χ0) is 26.5. The van der Waals surface area contributed by atoms with Crippen LogP contribution in [-0.2, 0) is 22.7 Å². The summed E-state index contributed by atoms with van der Waals surface area (Å²) >= 11 is 0. The summed E-state index contributed by atoms with van der Waals surface area (Å²) in [6, 6.07) is 26.5. The molecule has 1 aliphatic heterocycles. The van der Waals surface area contributed by atoms with Gasteiger partial charge in [-0.1, -0.05) is 48.5 Å². The Kier molecular flexibility index (Phi) is 7.17. The molecular formula is C31H26N2O5. The molecule has 1 unspecified atom stereocenters. The van der Waals surface area contributed by atoms with Gasteiger partial charge in [-0.3, -0.25) is 14.6 Å². The van der Waals surface area contributed by atoms with Gasteiger partial charge >= 0.3 is 0 Å². The second kappa shape index (κ2) is 11.0. The highest BCUT2D eigenvalue weighted by Crippen LogP contribution is 2.41. The Morgan fingerprint density at radius 1 is 0.895 bits per heavy atom. The Morgan fingerprint density at radius 3 is 2.37 bits per heavy atom. The number of hydrogen-bond acceptors (Lipinski definition) is 6. The largest absolute Gasteiger partial charge is 0.507 e. The van der Waals surface area contributed by atoms with E-state index in [4.69, 9.17) is 9.47 Å². The van der Waals surface area contributed by atoms with Gasteiger partial charge in [-0.2, -0.15) is 0 Å². The van der Waals surface area contributed by atoms with Crippen molar-refractivity contribution in [1.82, 2.24) is 9.88 Å². The second-order valence-corrected chi connectivity index (χ2v) is 8.86. The highest BCUT2D eigenvalue weighted by atomic mass is 16.5. The summed E-state index contributed by atoms with van der Waals surface area (Å²) in [4.78, 5) is 32.2. The average Bonchev–Trinajstić information content (AvgIpc) is 3.22. The van der Waals surface area contributed by atoms with Crippen LogP contribution in [-0.4, -0.2) is 33.8 Å². The number of aliphatic hydroxyl groups is 1. The second-order valence-electron chi connectivity index (χ2n) is 8.86. The maximum Gasteiger partial charge on any atom is 0.295 e. The van der Waals surface area contributed by atoms with Gasteiger partial charge in [0.1, 0.15) is 23.9 Å². The number of methoxy groups -OCH3 is 1. The standard InChI is InChI=1S/C31H26N2O5/c1-37-25-14-12-23(13-15-25)29(34)27-28(33(31(36)30(27)35)19-22-9-6-16-32-18-22)24-10-5-11-26(17-24)38-20-21-7-3-2-4-8-21/h2-18,28,34H,19-20H2,1H3. The first-order chi connectivity index (χ1) is 18.5. The van der Waals surface area contributed by atoms with Crippen LogP contribution in [0, 0.1) is 0 Å². The number of benzene rings is 3. The van der Waals surface area contributed by atoms with Crippen molar-refractivity contribution >= 4 is 17.4 Å². The van der Waals surface area contributed by atoms with Crippen LogP contribution in [0.5, 0.6) is 11.5 Å². The molecule has 1 N–H and O–H groups in total. The van der Waals surface area contributed by atoms with Gasteiger partial charge in [0.15, 0.2) is 0 Å². The van der Waals surface area contributed by atoms with Crippen LogP contribution in [0.25, 0.3) is 5.76 Å². The number of nitrogens with zero attached hydrogens (tertiary/aromatic N) is 2. The third-order valence-electron chi connectivity index (χ3n) is 6.40. The predicted octanol–water partition coefficient (Wildman–Crippen LogP) is 5.29. The lowest BCUT2D eigenvalue weighted by molar-refractivity contribution is -0.140. The molecule has 190 valence electrons. The Labute approximate surface area is 220 Å². The molecule has 0 aliphatic carbocycles. The molecule has 4 aromatic rings. The van der Waals surface area contributed by atoms with E-state index in [2.05, 4.69) is 4.98 Å². The van der Waals surface area contributed by atoms with Crippen molar-refractivity contribution in [2.24, 2.45) is 0 Å². The molecule has 2 heterocycles. The van der Waals surface area contributed by atoms with Crippen LogP contribution in [0.3, 0.4) is 0 Å². The molecule has 7 nitrogen and oxygen atoms in total. The van der Waals surface area contributed by atoms with Gasteiger partial charge in [-0.25, -0.2) is 0 Å². The zero-order valence-electron chi connectivity index (χ0n) is 20.8. The number of carbonyl (C=O) groups excluding carboxylic acids is 2. The smallest absolute Gasteiger partial charge is 0.295 e. The molecule has 5 rings (SSSR count). The third kappa shape index (κ3) is 5.13. The third-order valence-corrected chi connectivity index (χ3v) is 6.40. The van der Waals surface area contributed by atoms with E-state index in [1.54, 1.807) is 55.9 Å². The van der Waals surface area contributed by atoms with Gasteiger partial charge in [0.2, 0.25) is 0 Å². The Hall–Kier alpha value is -4.91. The van der Waals surface area contributed by atoms with Crippen LogP contribution < -0.4 is 9.47 Å². The maximum absolute atomic E-state index is 13.3. The summed E-state index contributed by atoms with van der Waals surface area (Å²) < 4.78 is 11.2. The van der Waals surface area contributed by atoms with E-state index in [1.807, 2.05) is 54.6 Å². The lowest BCUT2D eigenvalue weighted by Crippen LogP contribution is -2.29. The molecular weight excluding hydrogens is 480 g/mol. The fourth-order valence-corrected chi connectivity index (χ4v) is 4.50. The minimum atomic E-state index is -0.822. The number of Topliss-reactive ketones (excluding diaryl/α,β-unsaturated/α-hetero) is 1. The van der Waals surface area contributed by atoms with Crippen molar-refractivity contribution in [1.29, 1.82) is 0 Å². The molecule has 1 atom stereocenters. The van der Waals surface area contributed by atoms with Gasteiger partial charge in [-0.05, 0) is 59.2 Å². The number of amides is 1. The van der Waals surface area contributed by atoms with Crippen molar-refractivity contribution in [3.8, 4) is 11.5 Å². The molecule has 1 aliphatic rings. The molecule has 38 heavy (non-hydrogen) atoms. The van der Waals surface area contributed by atoms with Crippen molar-refractivity contribution in [2.45, 2.75) is 19.2 Å². The summed E-state index contributed by atoms with van der Waals surface area (Å²) in [5.41, 5.74) is 2.85. The number of ether oxygens (including phenoxy) is 2. The number of likely N-dealkylation sites (tertiary alicyclic amines) is 1. The van der Waals surface area contributed by atoms with E-state index >= 15 is 0 Å². The van der Waals surface area contributed by atoms with Crippen LogP contribution in [0.4, 0.5) is 0 Å². The topological polar surface area (TPSA) is 89.0 Å². The Balaban J connectivity index is 1.55. The molecule has 0 bridgehead atoms. The molecule has 3 aromatic carbocycles. The summed E-state index contributed by atoms with van der Waals surface area (Å²) in [6.07, 6.45) is 3.30. The summed E-state index contributed by atoms with van der Waals surface area (Å²) in [7, 11) is 1.55. The molecule has 1 saturated heterocycles. The highest BCUT2D eigenvalue weighted by Gasteiger charge is 2.46. The van der Waals surface area contributed by atoms with Crippen LogP contribution in [0.2, 0.25) is 0 Å². The monoisotopic (exact) mass is 506 g/mol. The van der Waals surface area contributed by atoms with Crippen molar-refractivity contribution in [2.75, 3.05) is 7.11 Å². The molecule has 0 saturated carbocycles. The minimum absolute atomic E-state index is 0.0178. The quantitative estimate of drug-likeness (QED) is 0.198. The van der Waals surface area contributed by atoms with E-state index < -0.39 is 17.7 Å². The first-order valence-corrected chi connectivity index (χ1v) is 12.1. The number of carbonyl (C=O) groups is 2. The maximum atomic E-state index is 13.3. The molecule has 1 amide bonds. The van der Waals surface area contributed by atoms with Gasteiger partial charge in [-0.15, -0.1) is 0 Å². The van der Waals surface area contributed by atoms with Crippen LogP contribution in [0.1, 0.15) is 28.3 Å². The molecule has 1 fully saturated rings. The summed E-state index contributed by atoms with van der Waals surface area (Å²) in [5, 5.41) is 11.3. The number of hydrogen-bond donors (Lipinski definition) is 1. The lowest BCUT2D eigenvalue weighted by atomic mass is 9.95. The highest BCUT2D eigenvalue weighted by molar-refractivity contribution is 6.46. The van der Waals surface area contributed by atoms with E-state index in [9.17, 15) is 14.7 Å². The van der Waals surface area contributed by atoms with Crippen LogP contribution >= 0.6 is 0 Å². The van der Waals surface area contributed by atoms with Gasteiger partial charge in [0, 0.05) is 24.5 Å². The van der Waals surface area contributed by atoms with E-state index in [0.29, 0.717) is 29.2 Å². The van der Waals surface area contributed by atoms with Crippen molar-refractivity contribution in [3.05, 3.63) is 131 Å². The minimum Gasteiger partial charge on any atom is -0.507 e. The van der Waals surface area contributed by atoms with Crippen molar-refractivity contribution < 1.29 is 24.2 Å². The van der Waals surface area contributed by atoms with Gasteiger partial charge < -0.3 is 19.5 Å². The van der Waals surface area contributed by atoms with E-state index in [0.717, 1.165) is 11.1 Å². The predicted molar refractivity (Wildman–Crippen MR) is 142 cm³/mol. The normalized spacial score (nSPS) is 16.4. The Bertz CT molecular complexity index is 1470. The fourth-order valence-electron chi connectivity index (χ4n) is 4.50. The first-order valence-electron chi connectivity index (χ1n) is 12.1. The number of pyridine rings is 1. The number of ketones is 1. The SMILES string of the molecule is COc1ccc(C(O)=C2C(=O)C(=O)N(Cc3cccnc3)C2c2cccc(OCc3ccccc3)c2)cc1. The Morgan fingerprint density at radius 2 is 1.66 bits per heavy atom. The van der Waals surface area contributed by atoms with Crippen molar-refractivity contribution in [3.63, 3.8) is 0 Å². The molecule has 1 aromatic heterocycles. The molecule has 0 spiro atoms.